The zero-order valence-corrected chi connectivity index (χ0v) is 9.75. The average molecular weight is 245 g/mol. The Bertz CT molecular complexity index is 383. The molecule has 2 heterocycles. The molecule has 2 aromatic rings. The van der Waals surface area contributed by atoms with Gasteiger partial charge in [0, 0.05) is 23.0 Å². The Morgan fingerprint density at radius 3 is 3.00 bits per heavy atom. The van der Waals surface area contributed by atoms with E-state index in [4.69, 9.17) is 11.6 Å². The lowest BCUT2D eigenvalue weighted by Gasteiger charge is -1.99. The third-order valence-electron chi connectivity index (χ3n) is 1.71. The van der Waals surface area contributed by atoms with Gasteiger partial charge in [0.05, 0.1) is 4.34 Å². The van der Waals surface area contributed by atoms with Crippen LogP contribution in [0.15, 0.2) is 23.7 Å². The Labute approximate surface area is 95.6 Å². The lowest BCUT2D eigenvalue weighted by Crippen LogP contribution is -2.02. The Kier molecular flexibility index (Phi) is 3.39. The van der Waals surface area contributed by atoms with Gasteiger partial charge >= 0.3 is 0 Å². The van der Waals surface area contributed by atoms with E-state index in [1.54, 1.807) is 28.9 Å². The van der Waals surface area contributed by atoms with Crippen LogP contribution in [-0.2, 0) is 6.42 Å². The Morgan fingerprint density at radius 2 is 2.36 bits per heavy atom. The summed E-state index contributed by atoms with van der Waals surface area (Å²) in [6.07, 6.45) is 2.80. The summed E-state index contributed by atoms with van der Waals surface area (Å²) in [6.45, 7) is 0.907. The molecule has 2 aromatic heterocycles. The molecule has 74 valence electrons. The summed E-state index contributed by atoms with van der Waals surface area (Å²) in [4.78, 5) is 5.44. The highest BCUT2D eigenvalue weighted by Crippen LogP contribution is 2.21. The van der Waals surface area contributed by atoms with Crippen molar-refractivity contribution < 1.29 is 0 Å². The molecule has 14 heavy (non-hydrogen) atoms. The van der Waals surface area contributed by atoms with E-state index in [1.807, 2.05) is 11.4 Å². The Balaban J connectivity index is 1.78. The van der Waals surface area contributed by atoms with Crippen molar-refractivity contribution in [1.82, 2.24) is 4.98 Å². The molecular weight excluding hydrogens is 236 g/mol. The highest BCUT2D eigenvalue weighted by molar-refractivity contribution is 7.16. The standard InChI is InChI=1S/C9H9ClN2S2/c10-8-2-1-7(14-8)3-4-11-9-12-5-6-13-9/h1-2,5-6H,3-4H2,(H,11,12). The summed E-state index contributed by atoms with van der Waals surface area (Å²) in [6, 6.07) is 4.00. The van der Waals surface area contributed by atoms with Crippen molar-refractivity contribution in [3.8, 4) is 0 Å². The van der Waals surface area contributed by atoms with Crippen LogP contribution in [0.25, 0.3) is 0 Å². The number of rotatable bonds is 4. The van der Waals surface area contributed by atoms with Crippen molar-refractivity contribution in [1.29, 1.82) is 0 Å². The number of anilines is 1. The predicted molar refractivity (Wildman–Crippen MR) is 63.6 cm³/mol. The molecule has 0 aliphatic heterocycles. The van der Waals surface area contributed by atoms with Gasteiger partial charge in [0.1, 0.15) is 0 Å². The van der Waals surface area contributed by atoms with Gasteiger partial charge in [-0.15, -0.1) is 22.7 Å². The van der Waals surface area contributed by atoms with E-state index in [1.165, 1.54) is 4.88 Å². The summed E-state index contributed by atoms with van der Waals surface area (Å²) >= 11 is 9.08. The number of nitrogens with one attached hydrogen (secondary N) is 1. The molecule has 0 unspecified atom stereocenters. The molecule has 2 rings (SSSR count). The summed E-state index contributed by atoms with van der Waals surface area (Å²) in [7, 11) is 0. The predicted octanol–water partition coefficient (Wildman–Crippen LogP) is 3.51. The van der Waals surface area contributed by atoms with Crippen molar-refractivity contribution in [2.24, 2.45) is 0 Å². The summed E-state index contributed by atoms with van der Waals surface area (Å²) in [5, 5.41) is 6.20. The molecule has 0 aliphatic carbocycles. The highest BCUT2D eigenvalue weighted by atomic mass is 35.5. The van der Waals surface area contributed by atoms with E-state index in [2.05, 4.69) is 16.4 Å². The molecule has 0 aromatic carbocycles. The second kappa shape index (κ2) is 4.77. The normalized spacial score (nSPS) is 10.4. The smallest absolute Gasteiger partial charge is 0.182 e. The monoisotopic (exact) mass is 244 g/mol. The fraction of sp³-hybridized carbons (Fsp3) is 0.222. The lowest BCUT2D eigenvalue weighted by atomic mass is 10.3. The van der Waals surface area contributed by atoms with Crippen LogP contribution in [0.5, 0.6) is 0 Å². The van der Waals surface area contributed by atoms with E-state index in [-0.39, 0.29) is 0 Å². The molecule has 0 amide bonds. The number of hydrogen-bond donors (Lipinski definition) is 1. The van der Waals surface area contributed by atoms with Crippen LogP contribution in [-0.4, -0.2) is 11.5 Å². The van der Waals surface area contributed by atoms with Gasteiger partial charge in [0.15, 0.2) is 5.13 Å². The molecule has 0 spiro atoms. The van der Waals surface area contributed by atoms with Crippen LogP contribution in [0, 0.1) is 0 Å². The molecule has 0 bridgehead atoms. The topological polar surface area (TPSA) is 24.9 Å². The molecule has 2 nitrogen and oxygen atoms in total. The number of aromatic nitrogens is 1. The van der Waals surface area contributed by atoms with E-state index in [9.17, 15) is 0 Å². The maximum atomic E-state index is 5.83. The van der Waals surface area contributed by atoms with Crippen molar-refractivity contribution in [2.75, 3.05) is 11.9 Å². The molecule has 0 atom stereocenters. The van der Waals surface area contributed by atoms with Gasteiger partial charge < -0.3 is 5.32 Å². The molecule has 0 radical (unpaired) electrons. The van der Waals surface area contributed by atoms with Crippen molar-refractivity contribution in [3.63, 3.8) is 0 Å². The van der Waals surface area contributed by atoms with Gasteiger partial charge in [-0.05, 0) is 18.6 Å². The SMILES string of the molecule is Clc1ccc(CCNc2nccs2)s1. The second-order valence-corrected chi connectivity index (χ2v) is 5.41. The van der Waals surface area contributed by atoms with E-state index >= 15 is 0 Å². The minimum Gasteiger partial charge on any atom is -0.361 e. The highest BCUT2D eigenvalue weighted by Gasteiger charge is 1.98. The third-order valence-corrected chi connectivity index (χ3v) is 3.73. The summed E-state index contributed by atoms with van der Waals surface area (Å²) < 4.78 is 0.856. The number of hydrogen-bond acceptors (Lipinski definition) is 4. The van der Waals surface area contributed by atoms with Crippen LogP contribution in [0.4, 0.5) is 5.13 Å². The zero-order valence-electron chi connectivity index (χ0n) is 7.37. The number of thiazole rings is 1. The van der Waals surface area contributed by atoms with Crippen molar-refractivity contribution >= 4 is 39.4 Å². The van der Waals surface area contributed by atoms with Gasteiger partial charge in [-0.1, -0.05) is 11.6 Å². The molecule has 0 aliphatic rings. The van der Waals surface area contributed by atoms with Crippen LogP contribution >= 0.6 is 34.3 Å². The van der Waals surface area contributed by atoms with Crippen molar-refractivity contribution in [3.05, 3.63) is 32.9 Å². The zero-order chi connectivity index (χ0) is 9.80. The second-order valence-electron chi connectivity index (χ2n) is 2.72. The van der Waals surface area contributed by atoms with Gasteiger partial charge in [0.25, 0.3) is 0 Å². The maximum absolute atomic E-state index is 5.83. The van der Waals surface area contributed by atoms with Crippen LogP contribution < -0.4 is 5.32 Å². The first-order valence-electron chi connectivity index (χ1n) is 4.22. The lowest BCUT2D eigenvalue weighted by molar-refractivity contribution is 1.04. The van der Waals surface area contributed by atoms with Crippen LogP contribution in [0.2, 0.25) is 4.34 Å². The largest absolute Gasteiger partial charge is 0.361 e. The van der Waals surface area contributed by atoms with Gasteiger partial charge in [0.2, 0.25) is 0 Å². The maximum Gasteiger partial charge on any atom is 0.182 e. The van der Waals surface area contributed by atoms with Gasteiger partial charge in [-0.2, -0.15) is 0 Å². The molecule has 0 saturated heterocycles. The van der Waals surface area contributed by atoms with E-state index in [0.717, 1.165) is 22.4 Å². The van der Waals surface area contributed by atoms with E-state index in [0.29, 0.717) is 0 Å². The summed E-state index contributed by atoms with van der Waals surface area (Å²) in [5.74, 6) is 0. The van der Waals surface area contributed by atoms with Crippen LogP contribution in [0.3, 0.4) is 0 Å². The van der Waals surface area contributed by atoms with Crippen LogP contribution in [0.1, 0.15) is 4.88 Å². The first kappa shape index (κ1) is 9.96. The Hall–Kier alpha value is -0.580. The Morgan fingerprint density at radius 1 is 1.43 bits per heavy atom. The number of nitrogens with zero attached hydrogens (tertiary/aromatic N) is 1. The first-order valence-corrected chi connectivity index (χ1v) is 6.29. The fourth-order valence-electron chi connectivity index (χ4n) is 1.09. The average Bonchev–Trinajstić information content (AvgIpc) is 2.77. The number of halogens is 1. The van der Waals surface area contributed by atoms with Crippen molar-refractivity contribution in [2.45, 2.75) is 6.42 Å². The molecular formula is C9H9ClN2S2. The molecule has 0 fully saturated rings. The van der Waals surface area contributed by atoms with Gasteiger partial charge in [-0.3, -0.25) is 0 Å². The molecule has 0 saturated carbocycles. The third kappa shape index (κ3) is 2.70. The minimum atomic E-state index is 0.856. The number of thiophene rings is 1. The first-order chi connectivity index (χ1) is 6.84. The van der Waals surface area contributed by atoms with E-state index < -0.39 is 0 Å². The fourth-order valence-corrected chi connectivity index (χ4v) is 2.73. The summed E-state index contributed by atoms with van der Waals surface area (Å²) in [5.41, 5.74) is 0. The quantitative estimate of drug-likeness (QED) is 0.890. The molecule has 5 heteroatoms. The molecule has 1 N–H and O–H groups in total. The van der Waals surface area contributed by atoms with Gasteiger partial charge in [-0.25, -0.2) is 4.98 Å². The minimum absolute atomic E-state index is 0.856.